The summed E-state index contributed by atoms with van der Waals surface area (Å²) in [6.45, 7) is 0.786. The van der Waals surface area contributed by atoms with E-state index in [1.54, 1.807) is 6.20 Å². The Labute approximate surface area is 105 Å². The SMILES string of the molecule is OC(c1cnns1)C1CCOC2(CCCC2)C1. The molecule has 1 aromatic heterocycles. The first kappa shape index (κ1) is 11.6. The Morgan fingerprint density at radius 2 is 2.29 bits per heavy atom. The average molecular weight is 254 g/mol. The first-order chi connectivity index (χ1) is 8.29. The number of rotatable bonds is 2. The highest BCUT2D eigenvalue weighted by atomic mass is 32.1. The maximum absolute atomic E-state index is 10.4. The number of aromatic nitrogens is 2. The summed E-state index contributed by atoms with van der Waals surface area (Å²) >= 11 is 1.30. The van der Waals surface area contributed by atoms with E-state index in [1.807, 2.05) is 0 Å². The second kappa shape index (κ2) is 4.63. The minimum Gasteiger partial charge on any atom is -0.387 e. The molecule has 2 aliphatic rings. The summed E-state index contributed by atoms with van der Waals surface area (Å²) in [6, 6.07) is 0. The molecule has 94 valence electrons. The third-order valence-corrected chi connectivity index (χ3v) is 4.90. The first-order valence-corrected chi connectivity index (χ1v) is 7.16. The molecule has 1 aromatic rings. The second-order valence-electron chi connectivity index (χ2n) is 5.26. The van der Waals surface area contributed by atoms with Crippen LogP contribution in [-0.4, -0.2) is 26.9 Å². The van der Waals surface area contributed by atoms with Crippen LogP contribution in [0.3, 0.4) is 0 Å². The smallest absolute Gasteiger partial charge is 0.0944 e. The van der Waals surface area contributed by atoms with Crippen LogP contribution in [0.4, 0.5) is 0 Å². The number of ether oxygens (including phenoxy) is 1. The molecule has 17 heavy (non-hydrogen) atoms. The van der Waals surface area contributed by atoms with Crippen molar-refractivity contribution >= 4 is 11.5 Å². The summed E-state index contributed by atoms with van der Waals surface area (Å²) in [6.07, 6.45) is 8.08. The zero-order valence-corrected chi connectivity index (χ0v) is 10.7. The molecule has 2 heterocycles. The fourth-order valence-corrected chi connectivity index (χ4v) is 3.82. The van der Waals surface area contributed by atoms with Gasteiger partial charge in [-0.2, -0.15) is 0 Å². The molecule has 4 nitrogen and oxygen atoms in total. The Hall–Kier alpha value is -0.520. The lowest BCUT2D eigenvalue weighted by atomic mass is 9.81. The van der Waals surface area contributed by atoms with Crippen LogP contribution in [0.25, 0.3) is 0 Å². The van der Waals surface area contributed by atoms with E-state index in [1.165, 1.54) is 24.4 Å². The molecule has 0 bridgehead atoms. The van der Waals surface area contributed by atoms with E-state index in [0.717, 1.165) is 37.2 Å². The van der Waals surface area contributed by atoms with Gasteiger partial charge in [-0.25, -0.2) is 0 Å². The van der Waals surface area contributed by atoms with Crippen LogP contribution >= 0.6 is 11.5 Å². The van der Waals surface area contributed by atoms with E-state index in [2.05, 4.69) is 9.59 Å². The Morgan fingerprint density at radius 1 is 1.47 bits per heavy atom. The molecule has 3 rings (SSSR count). The maximum Gasteiger partial charge on any atom is 0.0944 e. The van der Waals surface area contributed by atoms with Crippen LogP contribution < -0.4 is 0 Å². The van der Waals surface area contributed by atoms with E-state index in [4.69, 9.17) is 4.74 Å². The molecular weight excluding hydrogens is 236 g/mol. The molecule has 2 unspecified atom stereocenters. The zero-order chi connectivity index (χ0) is 11.7. The molecule has 1 saturated heterocycles. The van der Waals surface area contributed by atoms with Gasteiger partial charge in [0.2, 0.25) is 0 Å². The van der Waals surface area contributed by atoms with E-state index >= 15 is 0 Å². The highest BCUT2D eigenvalue weighted by Gasteiger charge is 2.42. The van der Waals surface area contributed by atoms with E-state index in [0.29, 0.717) is 5.92 Å². The van der Waals surface area contributed by atoms with Crippen LogP contribution in [0.15, 0.2) is 6.20 Å². The Kier molecular flexibility index (Phi) is 3.15. The summed E-state index contributed by atoms with van der Waals surface area (Å²) < 4.78 is 9.81. The van der Waals surface area contributed by atoms with Crippen LogP contribution in [-0.2, 0) is 4.74 Å². The Morgan fingerprint density at radius 3 is 3.00 bits per heavy atom. The van der Waals surface area contributed by atoms with E-state index in [9.17, 15) is 5.11 Å². The minimum absolute atomic E-state index is 0.0714. The summed E-state index contributed by atoms with van der Waals surface area (Å²) in [5.74, 6) is 0.309. The molecule has 1 spiro atoms. The van der Waals surface area contributed by atoms with Crippen LogP contribution in [0.2, 0.25) is 0 Å². The summed E-state index contributed by atoms with van der Waals surface area (Å²) in [5.41, 5.74) is 0.0714. The Bertz CT molecular complexity index is 363. The van der Waals surface area contributed by atoms with Crippen molar-refractivity contribution in [1.82, 2.24) is 9.59 Å². The minimum atomic E-state index is -0.406. The summed E-state index contributed by atoms with van der Waals surface area (Å²) in [4.78, 5) is 0.894. The fourth-order valence-electron chi connectivity index (χ4n) is 3.24. The standard InChI is InChI=1S/C12H18N2O2S/c15-11(10-8-13-14-17-10)9-3-6-16-12(7-9)4-1-2-5-12/h8-9,11,15H,1-7H2. The van der Waals surface area contributed by atoms with Crippen molar-refractivity contribution in [3.63, 3.8) is 0 Å². The third kappa shape index (κ3) is 2.23. The highest BCUT2D eigenvalue weighted by Crippen LogP contribution is 2.45. The van der Waals surface area contributed by atoms with Gasteiger partial charge in [-0.1, -0.05) is 17.3 Å². The molecule has 2 atom stereocenters. The predicted molar refractivity (Wildman–Crippen MR) is 64.7 cm³/mol. The number of hydrogen-bond acceptors (Lipinski definition) is 5. The van der Waals surface area contributed by atoms with Gasteiger partial charge in [-0.3, -0.25) is 0 Å². The molecule has 1 N–H and O–H groups in total. The monoisotopic (exact) mass is 254 g/mol. The van der Waals surface area contributed by atoms with Crippen LogP contribution in [0.5, 0.6) is 0 Å². The van der Waals surface area contributed by atoms with Crippen molar-refractivity contribution in [1.29, 1.82) is 0 Å². The lowest BCUT2D eigenvalue weighted by molar-refractivity contribution is -0.113. The van der Waals surface area contributed by atoms with E-state index in [-0.39, 0.29) is 5.60 Å². The van der Waals surface area contributed by atoms with Gasteiger partial charge in [0.25, 0.3) is 0 Å². The third-order valence-electron chi connectivity index (χ3n) is 4.16. The molecular formula is C12H18N2O2S. The van der Waals surface area contributed by atoms with Crippen molar-refractivity contribution in [3.05, 3.63) is 11.1 Å². The molecule has 0 aromatic carbocycles. The van der Waals surface area contributed by atoms with Gasteiger partial charge in [-0.15, -0.1) is 5.10 Å². The van der Waals surface area contributed by atoms with E-state index < -0.39 is 6.10 Å². The van der Waals surface area contributed by atoms with Crippen molar-refractivity contribution in [2.24, 2.45) is 5.92 Å². The van der Waals surface area contributed by atoms with Gasteiger partial charge in [0.1, 0.15) is 0 Å². The van der Waals surface area contributed by atoms with Gasteiger partial charge in [-0.05, 0) is 43.1 Å². The van der Waals surface area contributed by atoms with Crippen molar-refractivity contribution < 1.29 is 9.84 Å². The number of nitrogens with zero attached hydrogens (tertiary/aromatic N) is 2. The zero-order valence-electron chi connectivity index (χ0n) is 9.84. The summed E-state index contributed by atoms with van der Waals surface area (Å²) in [7, 11) is 0. The maximum atomic E-state index is 10.4. The topological polar surface area (TPSA) is 55.2 Å². The number of aliphatic hydroxyl groups is 1. The average Bonchev–Trinajstić information content (AvgIpc) is 3.00. The predicted octanol–water partition coefficient (Wildman–Crippen LogP) is 2.31. The van der Waals surface area contributed by atoms with Crippen LogP contribution in [0, 0.1) is 5.92 Å². The summed E-state index contributed by atoms with van der Waals surface area (Å²) in [5, 5.41) is 14.2. The van der Waals surface area contributed by atoms with Crippen molar-refractivity contribution in [2.45, 2.75) is 50.2 Å². The Balaban J connectivity index is 1.71. The fraction of sp³-hybridized carbons (Fsp3) is 0.833. The lowest BCUT2D eigenvalue weighted by Crippen LogP contribution is -2.39. The molecule has 0 amide bonds. The normalized spacial score (nSPS) is 29.6. The number of hydrogen-bond donors (Lipinski definition) is 1. The number of aliphatic hydroxyl groups excluding tert-OH is 1. The van der Waals surface area contributed by atoms with Crippen molar-refractivity contribution in [2.75, 3.05) is 6.61 Å². The second-order valence-corrected chi connectivity index (χ2v) is 6.07. The van der Waals surface area contributed by atoms with Gasteiger partial charge < -0.3 is 9.84 Å². The van der Waals surface area contributed by atoms with Gasteiger partial charge >= 0.3 is 0 Å². The largest absolute Gasteiger partial charge is 0.387 e. The molecule has 0 radical (unpaired) electrons. The quantitative estimate of drug-likeness (QED) is 0.880. The molecule has 1 aliphatic heterocycles. The lowest BCUT2D eigenvalue weighted by Gasteiger charge is -2.39. The van der Waals surface area contributed by atoms with Gasteiger partial charge in [0, 0.05) is 6.61 Å². The van der Waals surface area contributed by atoms with Crippen LogP contribution in [0.1, 0.15) is 49.5 Å². The van der Waals surface area contributed by atoms with Gasteiger partial charge in [0.15, 0.2) is 0 Å². The molecule has 5 heteroatoms. The van der Waals surface area contributed by atoms with Gasteiger partial charge in [0.05, 0.1) is 22.8 Å². The highest BCUT2D eigenvalue weighted by molar-refractivity contribution is 7.05. The molecule has 1 aliphatic carbocycles. The first-order valence-electron chi connectivity index (χ1n) is 6.38. The van der Waals surface area contributed by atoms with Crippen molar-refractivity contribution in [3.8, 4) is 0 Å². The molecule has 1 saturated carbocycles. The molecule has 2 fully saturated rings.